The number of hydrogen-bond donors (Lipinski definition) is 0. The first-order valence-corrected chi connectivity index (χ1v) is 19.8. The predicted molar refractivity (Wildman–Crippen MR) is 211 cm³/mol. The number of carbonyl (C=O) groups is 2. The molecular formula is C44H46Cl2N2O6. The van der Waals surface area contributed by atoms with Crippen molar-refractivity contribution in [1.29, 1.82) is 0 Å². The molecular weight excluding hydrogens is 723 g/mol. The third kappa shape index (κ3) is 6.45. The summed E-state index contributed by atoms with van der Waals surface area (Å²) in [5.41, 5.74) is 10.4. The lowest BCUT2D eigenvalue weighted by Crippen LogP contribution is -2.51. The molecule has 2 saturated heterocycles. The Labute approximate surface area is 327 Å². The van der Waals surface area contributed by atoms with Gasteiger partial charge in [-0.05, 0) is 73.9 Å². The van der Waals surface area contributed by atoms with E-state index in [2.05, 4.69) is 34.1 Å². The second kappa shape index (κ2) is 15.2. The number of esters is 2. The molecule has 10 heteroatoms. The van der Waals surface area contributed by atoms with Gasteiger partial charge in [-0.2, -0.15) is 0 Å². The average molecular weight is 770 g/mol. The van der Waals surface area contributed by atoms with E-state index in [1.165, 1.54) is 22.3 Å². The number of aryl methyl sites for hydroxylation is 2. The number of benzene rings is 4. The number of halogens is 2. The maximum absolute atomic E-state index is 12.3. The van der Waals surface area contributed by atoms with Crippen LogP contribution in [0.2, 0.25) is 10.0 Å². The molecule has 0 amide bonds. The Hall–Kier alpha value is -4.08. The highest BCUT2D eigenvalue weighted by atomic mass is 35.5. The quantitative estimate of drug-likeness (QED) is 0.140. The zero-order valence-electron chi connectivity index (χ0n) is 31.3. The standard InChI is InChI=1S/C44H46Cl2N2O6/c1-5-53-43(49)29-21-47(22-29)35-15-13-25-17-27(19-37(51-3)39(25)35)31-9-7-11-33(41(31)45)34-12-8-10-32(42(34)46)28-18-26-14-16-36(40(26)38(20-28)52-4)48-23-30(24-48)44(50)54-6-2/h7-12,17-20,29-30,35-36H,5-6,13-16,21-24H2,1-4H3/t35-,36?/m0/s1. The van der Waals surface area contributed by atoms with Crippen molar-refractivity contribution in [2.24, 2.45) is 11.8 Å². The van der Waals surface area contributed by atoms with Crippen LogP contribution in [0.25, 0.3) is 33.4 Å². The number of likely N-dealkylation sites (tertiary alicyclic amines) is 2. The van der Waals surface area contributed by atoms with Crippen LogP contribution in [0, 0.1) is 11.8 Å². The Kier molecular flexibility index (Phi) is 10.4. The van der Waals surface area contributed by atoms with E-state index in [-0.39, 0.29) is 35.9 Å². The molecule has 0 spiro atoms. The highest BCUT2D eigenvalue weighted by Crippen LogP contribution is 2.50. The van der Waals surface area contributed by atoms with Crippen LogP contribution in [0.4, 0.5) is 0 Å². The molecule has 282 valence electrons. The molecule has 0 saturated carbocycles. The molecule has 54 heavy (non-hydrogen) atoms. The topological polar surface area (TPSA) is 77.5 Å². The van der Waals surface area contributed by atoms with E-state index < -0.39 is 0 Å². The lowest BCUT2D eigenvalue weighted by molar-refractivity contribution is -0.156. The lowest BCUT2D eigenvalue weighted by atomic mass is 9.91. The molecule has 2 atom stereocenters. The number of ether oxygens (including phenoxy) is 4. The van der Waals surface area contributed by atoms with Gasteiger partial charge in [0.2, 0.25) is 0 Å². The summed E-state index contributed by atoms with van der Waals surface area (Å²) in [6.45, 7) is 7.34. The largest absolute Gasteiger partial charge is 0.496 e. The van der Waals surface area contributed by atoms with Crippen molar-refractivity contribution in [1.82, 2.24) is 9.80 Å². The summed E-state index contributed by atoms with van der Waals surface area (Å²) in [5.74, 6) is 1.34. The molecule has 0 aromatic heterocycles. The highest BCUT2D eigenvalue weighted by molar-refractivity contribution is 6.39. The van der Waals surface area contributed by atoms with Crippen molar-refractivity contribution in [3.63, 3.8) is 0 Å². The molecule has 4 aliphatic rings. The van der Waals surface area contributed by atoms with Crippen LogP contribution in [0.5, 0.6) is 11.5 Å². The highest BCUT2D eigenvalue weighted by Gasteiger charge is 2.43. The van der Waals surface area contributed by atoms with Gasteiger partial charge in [0.1, 0.15) is 11.5 Å². The third-order valence-electron chi connectivity index (χ3n) is 11.8. The van der Waals surface area contributed by atoms with Crippen LogP contribution < -0.4 is 9.47 Å². The molecule has 4 aromatic rings. The third-order valence-corrected chi connectivity index (χ3v) is 12.6. The first-order valence-electron chi connectivity index (χ1n) is 19.1. The number of carbonyl (C=O) groups excluding carboxylic acids is 2. The van der Waals surface area contributed by atoms with E-state index in [1.54, 1.807) is 14.2 Å². The van der Waals surface area contributed by atoms with E-state index in [0.717, 1.165) is 70.6 Å². The number of fused-ring (bicyclic) bond motifs is 2. The number of methoxy groups -OCH3 is 2. The molecule has 2 aliphatic carbocycles. The van der Waals surface area contributed by atoms with Crippen LogP contribution in [0.15, 0.2) is 60.7 Å². The normalized spacial score (nSPS) is 19.8. The van der Waals surface area contributed by atoms with Gasteiger partial charge in [-0.15, -0.1) is 0 Å². The molecule has 2 fully saturated rings. The summed E-state index contributed by atoms with van der Waals surface area (Å²) in [4.78, 5) is 29.3. The minimum absolute atomic E-state index is 0.0629. The van der Waals surface area contributed by atoms with E-state index in [9.17, 15) is 9.59 Å². The summed E-state index contributed by atoms with van der Waals surface area (Å²) in [5, 5.41) is 1.25. The van der Waals surface area contributed by atoms with Gasteiger partial charge in [-0.1, -0.05) is 71.7 Å². The Balaban J connectivity index is 1.06. The van der Waals surface area contributed by atoms with Gasteiger partial charge in [0.15, 0.2) is 0 Å². The van der Waals surface area contributed by atoms with Crippen LogP contribution in [0.1, 0.15) is 61.0 Å². The van der Waals surface area contributed by atoms with Gasteiger partial charge in [-0.3, -0.25) is 19.4 Å². The fourth-order valence-corrected chi connectivity index (χ4v) is 9.74. The minimum Gasteiger partial charge on any atom is -0.496 e. The van der Waals surface area contributed by atoms with Gasteiger partial charge in [-0.25, -0.2) is 0 Å². The average Bonchev–Trinajstić information content (AvgIpc) is 3.75. The monoisotopic (exact) mass is 768 g/mol. The Morgan fingerprint density at radius 3 is 1.39 bits per heavy atom. The Bertz CT molecular complexity index is 1960. The van der Waals surface area contributed by atoms with Gasteiger partial charge in [0.25, 0.3) is 0 Å². The van der Waals surface area contributed by atoms with E-state index in [1.807, 2.05) is 50.2 Å². The lowest BCUT2D eigenvalue weighted by Gasteiger charge is -2.42. The van der Waals surface area contributed by atoms with Crippen molar-refractivity contribution in [2.75, 3.05) is 53.6 Å². The first kappa shape index (κ1) is 36.9. The zero-order valence-corrected chi connectivity index (χ0v) is 32.8. The molecule has 1 unspecified atom stereocenters. The molecule has 0 radical (unpaired) electrons. The van der Waals surface area contributed by atoms with E-state index in [0.29, 0.717) is 49.4 Å². The second-order valence-electron chi connectivity index (χ2n) is 14.8. The fraction of sp³-hybridized carbons (Fsp3) is 0.409. The molecule has 0 bridgehead atoms. The zero-order chi connectivity index (χ0) is 37.7. The summed E-state index contributed by atoms with van der Waals surface area (Å²) < 4.78 is 22.5. The maximum atomic E-state index is 12.3. The minimum atomic E-state index is -0.107. The van der Waals surface area contributed by atoms with E-state index in [4.69, 9.17) is 42.1 Å². The van der Waals surface area contributed by atoms with Gasteiger partial charge >= 0.3 is 11.9 Å². The second-order valence-corrected chi connectivity index (χ2v) is 15.5. The molecule has 2 heterocycles. The summed E-state index contributed by atoms with van der Waals surface area (Å²) >= 11 is 14.6. The van der Waals surface area contributed by atoms with Crippen LogP contribution in [-0.4, -0.2) is 75.4 Å². The van der Waals surface area contributed by atoms with Gasteiger partial charge < -0.3 is 18.9 Å². The molecule has 0 N–H and O–H groups in total. The SMILES string of the molecule is CCOC(=O)C1CN(C2CCc3cc(-c4cccc(-c5cccc(-c6cc7c(c(OC)c6)[C@@H](N6CC(C(=O)OCC)C6)CC7)c5Cl)c4Cl)cc(OC)c32)C1. The fourth-order valence-electron chi connectivity index (χ4n) is 9.07. The number of rotatable bonds is 11. The van der Waals surface area contributed by atoms with Crippen molar-refractivity contribution < 1.29 is 28.5 Å². The smallest absolute Gasteiger partial charge is 0.311 e. The predicted octanol–water partition coefficient (Wildman–Crippen LogP) is 8.98. The van der Waals surface area contributed by atoms with Crippen LogP contribution in [-0.2, 0) is 31.9 Å². The van der Waals surface area contributed by atoms with Crippen LogP contribution in [0.3, 0.4) is 0 Å². The van der Waals surface area contributed by atoms with Gasteiger partial charge in [0.05, 0.1) is 49.3 Å². The Morgan fingerprint density at radius 2 is 1.02 bits per heavy atom. The van der Waals surface area contributed by atoms with Gasteiger partial charge in [0, 0.05) is 71.6 Å². The van der Waals surface area contributed by atoms with Crippen molar-refractivity contribution in [3.8, 4) is 44.9 Å². The maximum Gasteiger partial charge on any atom is 0.311 e. The van der Waals surface area contributed by atoms with Crippen molar-refractivity contribution >= 4 is 35.1 Å². The molecule has 2 aliphatic heterocycles. The molecule has 8 nitrogen and oxygen atoms in total. The van der Waals surface area contributed by atoms with Crippen molar-refractivity contribution in [2.45, 2.75) is 51.6 Å². The van der Waals surface area contributed by atoms with Crippen LogP contribution >= 0.6 is 23.2 Å². The summed E-state index contributed by atoms with van der Waals surface area (Å²) in [7, 11) is 3.44. The summed E-state index contributed by atoms with van der Waals surface area (Å²) in [6.07, 6.45) is 3.80. The summed E-state index contributed by atoms with van der Waals surface area (Å²) in [6, 6.07) is 21.3. The van der Waals surface area contributed by atoms with E-state index >= 15 is 0 Å². The first-order chi connectivity index (χ1) is 26.2. The molecule has 4 aromatic carbocycles. The number of hydrogen-bond acceptors (Lipinski definition) is 8. The molecule has 8 rings (SSSR count). The number of nitrogens with zero attached hydrogens (tertiary/aromatic N) is 2. The Morgan fingerprint density at radius 1 is 0.630 bits per heavy atom. The van der Waals surface area contributed by atoms with Crippen molar-refractivity contribution in [3.05, 3.63) is 93.0 Å².